The number of carbonyl (C=O) groups is 1. The molecule has 1 aliphatic rings. The molecule has 9 heteroatoms. The fourth-order valence-electron chi connectivity index (χ4n) is 2.61. The van der Waals surface area contributed by atoms with E-state index in [1.807, 2.05) is 6.92 Å². The molecule has 1 amide bonds. The fraction of sp³-hybridized carbons (Fsp3) is 0.667. The molecule has 2 atom stereocenters. The monoisotopic (exact) mass is 316 g/mol. The highest BCUT2D eigenvalue weighted by atomic mass is 32.2. The Hall–Kier alpha value is -1.45. The molecule has 1 aliphatic heterocycles. The second kappa shape index (κ2) is 6.12. The Morgan fingerprint density at radius 2 is 2.29 bits per heavy atom. The third-order valence-electron chi connectivity index (χ3n) is 3.66. The average Bonchev–Trinajstić information content (AvgIpc) is 3.00. The van der Waals surface area contributed by atoms with Gasteiger partial charge in [0.25, 0.3) is 5.91 Å². The van der Waals surface area contributed by atoms with Crippen LogP contribution in [0.1, 0.15) is 35.9 Å². The smallest absolute Gasteiger partial charge is 0.273 e. The maximum absolute atomic E-state index is 12.1. The zero-order chi connectivity index (χ0) is 15.6. The first-order valence-corrected chi connectivity index (χ1v) is 8.36. The van der Waals surface area contributed by atoms with Gasteiger partial charge >= 0.3 is 0 Å². The van der Waals surface area contributed by atoms with Gasteiger partial charge in [0.05, 0.1) is 11.8 Å². The van der Waals surface area contributed by atoms with Crippen LogP contribution in [0.3, 0.4) is 0 Å². The molecule has 2 rings (SSSR count). The van der Waals surface area contributed by atoms with Gasteiger partial charge in [-0.25, -0.2) is 13.6 Å². The van der Waals surface area contributed by atoms with Crippen molar-refractivity contribution in [1.29, 1.82) is 0 Å². The molecule has 1 aromatic heterocycles. The predicted molar refractivity (Wildman–Crippen MR) is 75.2 cm³/mol. The summed E-state index contributed by atoms with van der Waals surface area (Å²) in [5.74, 6) is -0.318. The maximum Gasteiger partial charge on any atom is 0.273 e. The SMILES string of the molecule is CCC1OCCC1CNC(=O)c1n[nH]c(C)c1S(N)(=O)=O. The van der Waals surface area contributed by atoms with Crippen molar-refractivity contribution in [3.63, 3.8) is 0 Å². The van der Waals surface area contributed by atoms with Gasteiger partial charge in [-0.2, -0.15) is 5.10 Å². The Morgan fingerprint density at radius 1 is 1.57 bits per heavy atom. The number of hydrogen-bond donors (Lipinski definition) is 3. The van der Waals surface area contributed by atoms with E-state index in [1.165, 1.54) is 6.92 Å². The van der Waals surface area contributed by atoms with Crippen molar-refractivity contribution in [2.75, 3.05) is 13.2 Å². The first-order chi connectivity index (χ1) is 9.84. The number of H-pyrrole nitrogens is 1. The highest BCUT2D eigenvalue weighted by Crippen LogP contribution is 2.23. The van der Waals surface area contributed by atoms with Gasteiger partial charge in [0, 0.05) is 19.1 Å². The minimum atomic E-state index is -4.00. The normalized spacial score (nSPS) is 22.4. The second-order valence-corrected chi connectivity index (χ2v) is 6.65. The summed E-state index contributed by atoms with van der Waals surface area (Å²) in [6.45, 7) is 4.64. The van der Waals surface area contributed by atoms with Gasteiger partial charge in [0.15, 0.2) is 5.69 Å². The minimum Gasteiger partial charge on any atom is -0.378 e. The molecule has 1 saturated heterocycles. The zero-order valence-electron chi connectivity index (χ0n) is 12.0. The standard InChI is InChI=1S/C12H20N4O4S/c1-3-9-8(4-5-20-9)6-14-12(17)10-11(21(13,18)19)7(2)15-16-10/h8-9H,3-6H2,1-2H3,(H,14,17)(H,15,16)(H2,13,18,19). The molecule has 0 saturated carbocycles. The van der Waals surface area contributed by atoms with E-state index in [4.69, 9.17) is 9.88 Å². The summed E-state index contributed by atoms with van der Waals surface area (Å²) in [5, 5.41) is 14.0. The van der Waals surface area contributed by atoms with Gasteiger partial charge in [-0.05, 0) is 19.8 Å². The number of nitrogens with two attached hydrogens (primary N) is 1. The third-order valence-corrected chi connectivity index (χ3v) is 4.73. The Balaban J connectivity index is 2.08. The number of aryl methyl sites for hydroxylation is 1. The summed E-state index contributed by atoms with van der Waals surface area (Å²) in [6, 6.07) is 0. The van der Waals surface area contributed by atoms with Gasteiger partial charge in [0.2, 0.25) is 10.0 Å². The lowest BCUT2D eigenvalue weighted by atomic mass is 10.00. The quantitative estimate of drug-likeness (QED) is 0.699. The molecule has 2 unspecified atom stereocenters. The number of ether oxygens (including phenoxy) is 1. The van der Waals surface area contributed by atoms with E-state index in [1.54, 1.807) is 0 Å². The van der Waals surface area contributed by atoms with E-state index in [2.05, 4.69) is 15.5 Å². The van der Waals surface area contributed by atoms with Crippen molar-refractivity contribution in [2.45, 2.75) is 37.7 Å². The molecular formula is C12H20N4O4S. The number of rotatable bonds is 5. The number of nitrogens with one attached hydrogen (secondary N) is 2. The molecule has 1 aromatic rings. The molecule has 118 valence electrons. The van der Waals surface area contributed by atoms with Gasteiger partial charge < -0.3 is 10.1 Å². The van der Waals surface area contributed by atoms with E-state index in [-0.39, 0.29) is 28.3 Å². The van der Waals surface area contributed by atoms with Gasteiger partial charge in [0.1, 0.15) is 4.90 Å². The first kappa shape index (κ1) is 15.9. The Bertz CT molecular complexity index is 625. The number of hydrogen-bond acceptors (Lipinski definition) is 5. The Morgan fingerprint density at radius 3 is 2.90 bits per heavy atom. The molecule has 0 bridgehead atoms. The molecular weight excluding hydrogens is 296 g/mol. The third kappa shape index (κ3) is 3.42. The number of aromatic nitrogens is 2. The largest absolute Gasteiger partial charge is 0.378 e. The van der Waals surface area contributed by atoms with Crippen LogP contribution in [0.25, 0.3) is 0 Å². The van der Waals surface area contributed by atoms with E-state index in [9.17, 15) is 13.2 Å². The van der Waals surface area contributed by atoms with Crippen molar-refractivity contribution in [3.05, 3.63) is 11.4 Å². The van der Waals surface area contributed by atoms with E-state index in [0.717, 1.165) is 12.8 Å². The predicted octanol–water partition coefficient (Wildman–Crippen LogP) is -0.0896. The summed E-state index contributed by atoms with van der Waals surface area (Å²) in [5.41, 5.74) is 0.0558. The number of nitrogens with zero attached hydrogens (tertiary/aromatic N) is 1. The second-order valence-electron chi connectivity index (χ2n) is 5.15. The van der Waals surface area contributed by atoms with Gasteiger partial charge in [-0.3, -0.25) is 9.89 Å². The number of sulfonamides is 1. The Labute approximate surface area is 123 Å². The number of aromatic amines is 1. The number of primary sulfonamides is 1. The van der Waals surface area contributed by atoms with Crippen LogP contribution in [0.15, 0.2) is 4.90 Å². The lowest BCUT2D eigenvalue weighted by Crippen LogP contribution is -2.34. The summed E-state index contributed by atoms with van der Waals surface area (Å²) in [7, 11) is -4.00. The molecule has 8 nitrogen and oxygen atoms in total. The lowest BCUT2D eigenvalue weighted by Gasteiger charge is -2.16. The zero-order valence-corrected chi connectivity index (χ0v) is 12.9. The summed E-state index contributed by atoms with van der Waals surface area (Å²) in [6.07, 6.45) is 1.88. The lowest BCUT2D eigenvalue weighted by molar-refractivity contribution is 0.0823. The van der Waals surface area contributed by atoms with Crippen molar-refractivity contribution in [1.82, 2.24) is 15.5 Å². The molecule has 0 spiro atoms. The van der Waals surface area contributed by atoms with Crippen LogP contribution < -0.4 is 10.5 Å². The first-order valence-electron chi connectivity index (χ1n) is 6.82. The van der Waals surface area contributed by atoms with Gasteiger partial charge in [-0.15, -0.1) is 0 Å². The van der Waals surface area contributed by atoms with Crippen LogP contribution in [0, 0.1) is 12.8 Å². The van der Waals surface area contributed by atoms with Crippen LogP contribution in [0.5, 0.6) is 0 Å². The molecule has 2 heterocycles. The van der Waals surface area contributed by atoms with Crippen molar-refractivity contribution >= 4 is 15.9 Å². The highest BCUT2D eigenvalue weighted by Gasteiger charge is 2.29. The number of amides is 1. The van der Waals surface area contributed by atoms with Crippen LogP contribution in [0.4, 0.5) is 0 Å². The molecule has 0 aromatic carbocycles. The van der Waals surface area contributed by atoms with E-state index in [0.29, 0.717) is 13.2 Å². The van der Waals surface area contributed by atoms with E-state index >= 15 is 0 Å². The highest BCUT2D eigenvalue weighted by molar-refractivity contribution is 7.89. The summed E-state index contributed by atoms with van der Waals surface area (Å²) in [4.78, 5) is 11.9. The molecule has 1 fully saturated rings. The van der Waals surface area contributed by atoms with Crippen molar-refractivity contribution in [3.8, 4) is 0 Å². The molecule has 4 N–H and O–H groups in total. The molecule has 0 aliphatic carbocycles. The number of carbonyl (C=O) groups excluding carboxylic acids is 1. The average molecular weight is 316 g/mol. The molecule has 21 heavy (non-hydrogen) atoms. The topological polar surface area (TPSA) is 127 Å². The summed E-state index contributed by atoms with van der Waals surface area (Å²) >= 11 is 0. The Kier molecular flexibility index (Phi) is 4.64. The van der Waals surface area contributed by atoms with Crippen LogP contribution in [0.2, 0.25) is 0 Å². The van der Waals surface area contributed by atoms with Crippen molar-refractivity contribution in [2.24, 2.45) is 11.1 Å². The molecule has 0 radical (unpaired) electrons. The summed E-state index contributed by atoms with van der Waals surface area (Å²) < 4.78 is 28.6. The van der Waals surface area contributed by atoms with E-state index < -0.39 is 15.9 Å². The van der Waals surface area contributed by atoms with Crippen LogP contribution in [-0.4, -0.2) is 43.8 Å². The van der Waals surface area contributed by atoms with Gasteiger partial charge in [-0.1, -0.05) is 6.92 Å². The van der Waals surface area contributed by atoms with Crippen molar-refractivity contribution < 1.29 is 17.9 Å². The fourth-order valence-corrected chi connectivity index (χ4v) is 3.49. The van der Waals surface area contributed by atoms with Crippen LogP contribution >= 0.6 is 0 Å². The minimum absolute atomic E-state index is 0.129. The maximum atomic E-state index is 12.1. The van der Waals surface area contributed by atoms with Crippen LogP contribution in [-0.2, 0) is 14.8 Å².